The standard InChI is InChI=1S/C23H30N4O2S.2ClH/c1-19(28)29-18-17-26-12-5-11-25(15-16-26)13-6-14-27-20-7-2-3-8-21(20)30-22-9-4-10-24-23(22)27;;/h2-4,7-10H,5-6,11-18H2,1H3;2*1H. The van der Waals surface area contributed by atoms with Crippen molar-refractivity contribution < 1.29 is 9.53 Å². The summed E-state index contributed by atoms with van der Waals surface area (Å²) in [6.07, 6.45) is 4.15. The van der Waals surface area contributed by atoms with Crippen LogP contribution in [0, 0.1) is 0 Å². The second-order valence-corrected chi connectivity index (χ2v) is 8.86. The van der Waals surface area contributed by atoms with Crippen molar-refractivity contribution >= 4 is 54.1 Å². The maximum Gasteiger partial charge on any atom is 0.302 e. The zero-order valence-electron chi connectivity index (χ0n) is 18.4. The zero-order chi connectivity index (χ0) is 20.8. The molecule has 2 aliphatic heterocycles. The molecule has 1 saturated heterocycles. The number of halogens is 2. The van der Waals surface area contributed by atoms with E-state index in [1.807, 2.05) is 24.0 Å². The van der Waals surface area contributed by atoms with Crippen LogP contribution in [0.15, 0.2) is 52.4 Å². The van der Waals surface area contributed by atoms with E-state index in [4.69, 9.17) is 4.74 Å². The predicted octanol–water partition coefficient (Wildman–Crippen LogP) is 4.49. The normalized spacial score (nSPS) is 16.1. The van der Waals surface area contributed by atoms with Crippen LogP contribution in [-0.4, -0.2) is 73.2 Å². The summed E-state index contributed by atoms with van der Waals surface area (Å²) in [7, 11) is 0. The zero-order valence-corrected chi connectivity index (χ0v) is 20.9. The Labute approximate surface area is 207 Å². The highest BCUT2D eigenvalue weighted by molar-refractivity contribution is 7.99. The van der Waals surface area contributed by atoms with Gasteiger partial charge in [0.2, 0.25) is 0 Å². The van der Waals surface area contributed by atoms with E-state index in [1.54, 1.807) is 0 Å². The number of pyridine rings is 1. The number of carbonyl (C=O) groups excluding carboxylic acids is 1. The van der Waals surface area contributed by atoms with E-state index in [0.717, 1.165) is 64.5 Å². The van der Waals surface area contributed by atoms with Crippen LogP contribution < -0.4 is 4.90 Å². The largest absolute Gasteiger partial charge is 0.465 e. The van der Waals surface area contributed by atoms with E-state index < -0.39 is 0 Å². The molecule has 1 aromatic carbocycles. The number of esters is 1. The molecule has 0 amide bonds. The fraction of sp³-hybridized carbons (Fsp3) is 0.478. The van der Waals surface area contributed by atoms with Gasteiger partial charge in [0.05, 0.1) is 10.6 Å². The number of ether oxygens (including phenoxy) is 1. The summed E-state index contributed by atoms with van der Waals surface area (Å²) in [6.45, 7) is 9.16. The van der Waals surface area contributed by atoms with Gasteiger partial charge in [-0.1, -0.05) is 23.9 Å². The molecular formula is C23H32Cl2N4O2S. The highest BCUT2D eigenvalue weighted by atomic mass is 35.5. The Hall–Kier alpha value is -1.51. The summed E-state index contributed by atoms with van der Waals surface area (Å²) in [5, 5.41) is 0. The summed E-state index contributed by atoms with van der Waals surface area (Å²) in [4.78, 5) is 25.5. The van der Waals surface area contributed by atoms with Crippen molar-refractivity contribution in [3.05, 3.63) is 42.6 Å². The number of carbonyl (C=O) groups is 1. The fourth-order valence-corrected chi connectivity index (χ4v) is 5.20. The molecule has 32 heavy (non-hydrogen) atoms. The lowest BCUT2D eigenvalue weighted by Gasteiger charge is -2.32. The van der Waals surface area contributed by atoms with E-state index in [9.17, 15) is 4.79 Å². The van der Waals surface area contributed by atoms with Crippen molar-refractivity contribution in [2.45, 2.75) is 29.6 Å². The van der Waals surface area contributed by atoms with Gasteiger partial charge in [0.25, 0.3) is 0 Å². The molecule has 0 spiro atoms. The predicted molar refractivity (Wildman–Crippen MR) is 135 cm³/mol. The van der Waals surface area contributed by atoms with Crippen LogP contribution in [0.3, 0.4) is 0 Å². The van der Waals surface area contributed by atoms with Crippen LogP contribution in [0.1, 0.15) is 19.8 Å². The second kappa shape index (κ2) is 13.3. The smallest absolute Gasteiger partial charge is 0.302 e. The highest BCUT2D eigenvalue weighted by Gasteiger charge is 2.24. The third-order valence-corrected chi connectivity index (χ3v) is 6.74. The Morgan fingerprint density at radius 1 is 0.969 bits per heavy atom. The number of benzene rings is 1. The van der Waals surface area contributed by atoms with Crippen LogP contribution in [0.5, 0.6) is 0 Å². The first-order valence-electron chi connectivity index (χ1n) is 10.8. The summed E-state index contributed by atoms with van der Waals surface area (Å²) in [5.41, 5.74) is 1.27. The number of aromatic nitrogens is 1. The molecule has 4 rings (SSSR count). The van der Waals surface area contributed by atoms with Crippen molar-refractivity contribution in [2.75, 3.05) is 57.3 Å². The Kier molecular flexibility index (Phi) is 11.1. The van der Waals surface area contributed by atoms with Gasteiger partial charge in [-0.25, -0.2) is 4.98 Å². The summed E-state index contributed by atoms with van der Waals surface area (Å²) >= 11 is 1.81. The SMILES string of the molecule is CC(=O)OCCN1CCCN(CCCN2c3ccccc3Sc3cccnc32)CC1.Cl.Cl. The molecule has 1 aromatic heterocycles. The van der Waals surface area contributed by atoms with Gasteiger partial charge in [-0.2, -0.15) is 0 Å². The lowest BCUT2D eigenvalue weighted by Crippen LogP contribution is -2.34. The molecule has 0 bridgehead atoms. The molecule has 0 saturated carbocycles. The van der Waals surface area contributed by atoms with Gasteiger partial charge in [0.15, 0.2) is 0 Å². The molecule has 0 N–H and O–H groups in total. The third-order valence-electron chi connectivity index (χ3n) is 5.63. The maximum atomic E-state index is 10.9. The molecule has 3 heterocycles. The van der Waals surface area contributed by atoms with E-state index in [2.05, 4.69) is 50.0 Å². The van der Waals surface area contributed by atoms with Gasteiger partial charge in [-0.05, 0) is 56.7 Å². The van der Waals surface area contributed by atoms with Gasteiger partial charge in [-0.15, -0.1) is 24.8 Å². The van der Waals surface area contributed by atoms with E-state index in [-0.39, 0.29) is 30.8 Å². The van der Waals surface area contributed by atoms with Crippen molar-refractivity contribution in [1.82, 2.24) is 14.8 Å². The summed E-state index contributed by atoms with van der Waals surface area (Å²) < 4.78 is 5.09. The number of para-hydroxylation sites is 1. The number of rotatable bonds is 7. The number of nitrogens with zero attached hydrogens (tertiary/aromatic N) is 4. The average Bonchev–Trinajstić information content (AvgIpc) is 2.98. The lowest BCUT2D eigenvalue weighted by molar-refractivity contribution is -0.141. The van der Waals surface area contributed by atoms with Crippen molar-refractivity contribution in [3.63, 3.8) is 0 Å². The van der Waals surface area contributed by atoms with E-state index in [0.29, 0.717) is 6.61 Å². The van der Waals surface area contributed by atoms with Crippen LogP contribution in [0.2, 0.25) is 0 Å². The molecule has 0 radical (unpaired) electrons. The Balaban J connectivity index is 0.00000181. The molecule has 0 aliphatic carbocycles. The number of anilines is 2. The molecule has 0 unspecified atom stereocenters. The number of fused-ring (bicyclic) bond motifs is 2. The topological polar surface area (TPSA) is 48.9 Å². The lowest BCUT2D eigenvalue weighted by atomic mass is 10.2. The first-order valence-corrected chi connectivity index (χ1v) is 11.6. The summed E-state index contributed by atoms with van der Waals surface area (Å²) in [5.74, 6) is 0.883. The monoisotopic (exact) mass is 498 g/mol. The third kappa shape index (κ3) is 6.99. The van der Waals surface area contributed by atoms with Crippen LogP contribution in [-0.2, 0) is 9.53 Å². The fourth-order valence-electron chi connectivity index (χ4n) is 4.13. The molecule has 9 heteroatoms. The molecule has 2 aromatic rings. The first-order chi connectivity index (χ1) is 14.7. The minimum Gasteiger partial charge on any atom is -0.465 e. The number of hydrogen-bond donors (Lipinski definition) is 0. The Morgan fingerprint density at radius 2 is 1.69 bits per heavy atom. The van der Waals surface area contributed by atoms with Gasteiger partial charge >= 0.3 is 5.97 Å². The van der Waals surface area contributed by atoms with Crippen molar-refractivity contribution in [3.8, 4) is 0 Å². The van der Waals surface area contributed by atoms with E-state index >= 15 is 0 Å². The van der Waals surface area contributed by atoms with Gasteiger partial charge in [-0.3, -0.25) is 9.69 Å². The molecular weight excluding hydrogens is 467 g/mol. The first kappa shape index (κ1) is 26.7. The maximum absolute atomic E-state index is 10.9. The van der Waals surface area contributed by atoms with Crippen LogP contribution in [0.25, 0.3) is 0 Å². The highest BCUT2D eigenvalue weighted by Crippen LogP contribution is 2.46. The quantitative estimate of drug-likeness (QED) is 0.521. The number of hydrogen-bond acceptors (Lipinski definition) is 7. The van der Waals surface area contributed by atoms with E-state index in [1.165, 1.54) is 22.4 Å². The van der Waals surface area contributed by atoms with Gasteiger partial charge < -0.3 is 14.5 Å². The Bertz CT molecular complexity index is 828. The molecule has 176 valence electrons. The van der Waals surface area contributed by atoms with Crippen LogP contribution >= 0.6 is 36.6 Å². The van der Waals surface area contributed by atoms with Gasteiger partial charge in [0, 0.05) is 44.2 Å². The molecule has 2 aliphatic rings. The minimum absolute atomic E-state index is 0. The van der Waals surface area contributed by atoms with Crippen molar-refractivity contribution in [2.24, 2.45) is 0 Å². The summed E-state index contributed by atoms with van der Waals surface area (Å²) in [6, 6.07) is 12.8. The molecule has 0 atom stereocenters. The van der Waals surface area contributed by atoms with Crippen molar-refractivity contribution in [1.29, 1.82) is 0 Å². The molecule has 6 nitrogen and oxygen atoms in total. The second-order valence-electron chi connectivity index (χ2n) is 7.78. The average molecular weight is 500 g/mol. The van der Waals surface area contributed by atoms with Gasteiger partial charge in [0.1, 0.15) is 12.4 Å². The minimum atomic E-state index is -0.194. The van der Waals surface area contributed by atoms with Crippen LogP contribution in [0.4, 0.5) is 11.5 Å². The molecule has 1 fully saturated rings. The Morgan fingerprint density at radius 3 is 2.47 bits per heavy atom.